The van der Waals surface area contributed by atoms with E-state index < -0.39 is 0 Å². The molecule has 0 spiro atoms. The van der Waals surface area contributed by atoms with Crippen LogP contribution in [0.2, 0.25) is 0 Å². The Bertz CT molecular complexity index is 393. The highest BCUT2D eigenvalue weighted by Gasteiger charge is 2.16. The van der Waals surface area contributed by atoms with E-state index in [-0.39, 0.29) is 29.9 Å². The molecule has 0 bridgehead atoms. The third kappa shape index (κ3) is 4.67. The van der Waals surface area contributed by atoms with Crippen molar-refractivity contribution in [1.29, 1.82) is 0 Å². The van der Waals surface area contributed by atoms with Gasteiger partial charge in [-0.1, -0.05) is 12.1 Å². The number of aromatic nitrogens is 1. The van der Waals surface area contributed by atoms with Crippen LogP contribution in [0.25, 0.3) is 0 Å². The zero-order valence-corrected chi connectivity index (χ0v) is 14.8. The molecule has 6 heteroatoms. The molecule has 0 aliphatic rings. The van der Waals surface area contributed by atoms with E-state index in [0.717, 1.165) is 30.1 Å². The van der Waals surface area contributed by atoms with Gasteiger partial charge in [0, 0.05) is 31.1 Å². The molecule has 0 aliphatic heterocycles. The van der Waals surface area contributed by atoms with Crippen molar-refractivity contribution in [3.8, 4) is 0 Å². The summed E-state index contributed by atoms with van der Waals surface area (Å²) < 4.78 is 5.17. The van der Waals surface area contributed by atoms with Crippen molar-refractivity contribution in [2.75, 3.05) is 19.6 Å². The molecule has 0 saturated carbocycles. The van der Waals surface area contributed by atoms with E-state index in [1.807, 2.05) is 18.7 Å². The van der Waals surface area contributed by atoms with Gasteiger partial charge in [0.05, 0.1) is 5.69 Å². The van der Waals surface area contributed by atoms with Gasteiger partial charge >= 0.3 is 0 Å². The molecule has 1 unspecified atom stereocenters. The maximum Gasteiger partial charge on any atom is 0.191 e. The first-order valence-electron chi connectivity index (χ1n) is 6.48. The fourth-order valence-electron chi connectivity index (χ4n) is 2.16. The van der Waals surface area contributed by atoms with Crippen molar-refractivity contribution in [2.45, 2.75) is 40.5 Å². The molecule has 0 radical (unpaired) electrons. The van der Waals surface area contributed by atoms with E-state index >= 15 is 0 Å². The number of rotatable bonds is 5. The van der Waals surface area contributed by atoms with Crippen molar-refractivity contribution in [1.82, 2.24) is 10.1 Å². The quantitative estimate of drug-likeness (QED) is 0.485. The molecule has 2 N–H and O–H groups in total. The lowest BCUT2D eigenvalue weighted by molar-refractivity contribution is 0.391. The molecule has 1 aromatic rings. The molecule has 0 aromatic carbocycles. The lowest BCUT2D eigenvalue weighted by atomic mass is 10.00. The minimum Gasteiger partial charge on any atom is -0.370 e. The topological polar surface area (TPSA) is 67.7 Å². The van der Waals surface area contributed by atoms with Gasteiger partial charge in [-0.05, 0) is 27.7 Å². The van der Waals surface area contributed by atoms with Crippen LogP contribution in [0.3, 0.4) is 0 Å². The lowest BCUT2D eigenvalue weighted by Gasteiger charge is -2.20. The van der Waals surface area contributed by atoms with Gasteiger partial charge in [-0.25, -0.2) is 0 Å². The zero-order valence-electron chi connectivity index (χ0n) is 12.4. The standard InChI is InChI=1S/C13H24N4O.HI/c1-6-17(7-2)13(14)15-8-9(3)12-10(4)16-18-11(12)5;/h9H,6-8H2,1-5H3,(H2,14,15);1H. The maximum atomic E-state index is 5.95. The van der Waals surface area contributed by atoms with Crippen LogP contribution < -0.4 is 5.73 Å². The molecule has 0 saturated heterocycles. The number of aryl methyl sites for hydroxylation is 2. The summed E-state index contributed by atoms with van der Waals surface area (Å²) in [5.74, 6) is 1.75. The number of halogens is 1. The molecule has 1 atom stereocenters. The Kier molecular flexibility index (Phi) is 8.05. The summed E-state index contributed by atoms with van der Waals surface area (Å²) in [5.41, 5.74) is 8.04. The van der Waals surface area contributed by atoms with Crippen LogP contribution >= 0.6 is 24.0 Å². The molecule has 1 heterocycles. The van der Waals surface area contributed by atoms with Crippen LogP contribution in [0, 0.1) is 13.8 Å². The first-order chi connectivity index (χ1) is 8.51. The van der Waals surface area contributed by atoms with Crippen molar-refractivity contribution < 1.29 is 4.52 Å². The Labute approximate surface area is 132 Å². The summed E-state index contributed by atoms with van der Waals surface area (Å²) >= 11 is 0. The minimum absolute atomic E-state index is 0. The maximum absolute atomic E-state index is 5.95. The van der Waals surface area contributed by atoms with Gasteiger partial charge < -0.3 is 15.2 Å². The number of aliphatic imine (C=N–C) groups is 1. The second-order valence-corrected chi connectivity index (χ2v) is 4.51. The molecular formula is C13H25IN4O. The Morgan fingerprint density at radius 2 is 1.95 bits per heavy atom. The highest BCUT2D eigenvalue weighted by Crippen LogP contribution is 2.23. The average Bonchev–Trinajstić information content (AvgIpc) is 2.67. The highest BCUT2D eigenvalue weighted by atomic mass is 127. The van der Waals surface area contributed by atoms with E-state index in [1.54, 1.807) is 0 Å². The third-order valence-corrected chi connectivity index (χ3v) is 3.20. The minimum atomic E-state index is 0. The van der Waals surface area contributed by atoms with Crippen LogP contribution in [0.5, 0.6) is 0 Å². The zero-order chi connectivity index (χ0) is 13.7. The van der Waals surface area contributed by atoms with Gasteiger partial charge in [0.2, 0.25) is 0 Å². The highest BCUT2D eigenvalue weighted by molar-refractivity contribution is 14.0. The normalized spacial score (nSPS) is 13.0. The van der Waals surface area contributed by atoms with E-state index in [2.05, 4.69) is 30.9 Å². The summed E-state index contributed by atoms with van der Waals surface area (Å²) in [7, 11) is 0. The van der Waals surface area contributed by atoms with Crippen molar-refractivity contribution >= 4 is 29.9 Å². The number of guanidine groups is 1. The molecule has 0 amide bonds. The fourth-order valence-corrected chi connectivity index (χ4v) is 2.16. The predicted octanol–water partition coefficient (Wildman–Crippen LogP) is 2.67. The van der Waals surface area contributed by atoms with E-state index in [1.165, 1.54) is 0 Å². The molecular weight excluding hydrogens is 355 g/mol. The van der Waals surface area contributed by atoms with Crippen LogP contribution in [-0.2, 0) is 0 Å². The molecule has 0 aliphatic carbocycles. The van der Waals surface area contributed by atoms with Gasteiger partial charge in [-0.3, -0.25) is 4.99 Å². The predicted molar refractivity (Wildman–Crippen MR) is 89.2 cm³/mol. The summed E-state index contributed by atoms with van der Waals surface area (Å²) in [6.07, 6.45) is 0. The Balaban J connectivity index is 0.00000324. The summed E-state index contributed by atoms with van der Waals surface area (Å²) in [5, 5.41) is 3.97. The SMILES string of the molecule is CCN(CC)C(N)=NCC(C)c1c(C)noc1C.I. The Morgan fingerprint density at radius 3 is 2.37 bits per heavy atom. The van der Waals surface area contributed by atoms with Gasteiger partial charge in [0.15, 0.2) is 5.96 Å². The van der Waals surface area contributed by atoms with Crippen molar-refractivity contribution in [3.63, 3.8) is 0 Å². The Morgan fingerprint density at radius 1 is 1.37 bits per heavy atom. The average molecular weight is 380 g/mol. The van der Waals surface area contributed by atoms with Crippen LogP contribution in [0.1, 0.15) is 43.7 Å². The van der Waals surface area contributed by atoms with E-state index in [9.17, 15) is 0 Å². The Hall–Kier alpha value is -0.790. The lowest BCUT2D eigenvalue weighted by Crippen LogP contribution is -2.37. The van der Waals surface area contributed by atoms with Crippen molar-refractivity contribution in [2.24, 2.45) is 10.7 Å². The van der Waals surface area contributed by atoms with Gasteiger partial charge in [0.25, 0.3) is 0 Å². The van der Waals surface area contributed by atoms with Crippen molar-refractivity contribution in [3.05, 3.63) is 17.0 Å². The largest absolute Gasteiger partial charge is 0.370 e. The number of nitrogens with zero attached hydrogens (tertiary/aromatic N) is 3. The first-order valence-corrected chi connectivity index (χ1v) is 6.48. The number of hydrogen-bond acceptors (Lipinski definition) is 3. The number of hydrogen-bond donors (Lipinski definition) is 1. The molecule has 1 aromatic heterocycles. The first kappa shape index (κ1) is 18.2. The molecule has 5 nitrogen and oxygen atoms in total. The van der Waals surface area contributed by atoms with Gasteiger partial charge in [-0.15, -0.1) is 24.0 Å². The second kappa shape index (κ2) is 8.39. The molecule has 0 fully saturated rings. The second-order valence-electron chi connectivity index (χ2n) is 4.51. The van der Waals surface area contributed by atoms with Crippen LogP contribution in [0.15, 0.2) is 9.52 Å². The summed E-state index contributed by atoms with van der Waals surface area (Å²) in [6, 6.07) is 0. The molecule has 19 heavy (non-hydrogen) atoms. The summed E-state index contributed by atoms with van der Waals surface area (Å²) in [4.78, 5) is 6.50. The third-order valence-electron chi connectivity index (χ3n) is 3.20. The smallest absolute Gasteiger partial charge is 0.191 e. The fraction of sp³-hybridized carbons (Fsp3) is 0.692. The van der Waals surface area contributed by atoms with Gasteiger partial charge in [0.1, 0.15) is 5.76 Å². The van der Waals surface area contributed by atoms with Crippen LogP contribution in [0.4, 0.5) is 0 Å². The monoisotopic (exact) mass is 380 g/mol. The number of nitrogens with two attached hydrogens (primary N) is 1. The van der Waals surface area contributed by atoms with E-state index in [4.69, 9.17) is 10.3 Å². The van der Waals surface area contributed by atoms with E-state index in [0.29, 0.717) is 12.5 Å². The molecule has 110 valence electrons. The van der Waals surface area contributed by atoms with Crippen LogP contribution in [-0.4, -0.2) is 35.7 Å². The van der Waals surface area contributed by atoms with Gasteiger partial charge in [-0.2, -0.15) is 0 Å². The summed E-state index contributed by atoms with van der Waals surface area (Å²) in [6.45, 7) is 12.6. The molecule has 1 rings (SSSR count).